The van der Waals surface area contributed by atoms with Gasteiger partial charge in [0.25, 0.3) is 0 Å². The predicted molar refractivity (Wildman–Crippen MR) is 69.4 cm³/mol. The summed E-state index contributed by atoms with van der Waals surface area (Å²) in [7, 11) is 0. The van der Waals surface area contributed by atoms with Crippen LogP contribution in [-0.4, -0.2) is 24.2 Å². The molecule has 2 N–H and O–H groups in total. The van der Waals surface area contributed by atoms with Crippen LogP contribution in [0.1, 0.15) is 12.5 Å². The zero-order valence-corrected chi connectivity index (χ0v) is 10.5. The number of nitrogens with one attached hydrogen (secondary N) is 1. The molecular formula is C13H16ClNO2. The van der Waals surface area contributed by atoms with Crippen LogP contribution in [0, 0.1) is 0 Å². The molecule has 0 atom stereocenters. The third-order valence-corrected chi connectivity index (χ3v) is 2.53. The lowest BCUT2D eigenvalue weighted by Crippen LogP contribution is -2.19. The van der Waals surface area contributed by atoms with Gasteiger partial charge in [0.2, 0.25) is 0 Å². The van der Waals surface area contributed by atoms with Crippen molar-refractivity contribution in [1.82, 2.24) is 5.32 Å². The van der Waals surface area contributed by atoms with Crippen LogP contribution in [0.3, 0.4) is 0 Å². The van der Waals surface area contributed by atoms with Crippen molar-refractivity contribution < 1.29 is 9.90 Å². The summed E-state index contributed by atoms with van der Waals surface area (Å²) >= 11 is 5.78. The van der Waals surface area contributed by atoms with Crippen molar-refractivity contribution in [2.45, 2.75) is 13.3 Å². The van der Waals surface area contributed by atoms with Gasteiger partial charge in [0.1, 0.15) is 0 Å². The number of benzene rings is 1. The lowest BCUT2D eigenvalue weighted by atomic mass is 10.1. The van der Waals surface area contributed by atoms with Crippen molar-refractivity contribution in [3.8, 4) is 0 Å². The van der Waals surface area contributed by atoms with Crippen molar-refractivity contribution in [1.29, 1.82) is 0 Å². The molecule has 0 radical (unpaired) electrons. The highest BCUT2D eigenvalue weighted by Crippen LogP contribution is 2.09. The molecule has 4 heteroatoms. The van der Waals surface area contributed by atoms with E-state index < -0.39 is 5.97 Å². The molecule has 1 rings (SSSR count). The van der Waals surface area contributed by atoms with E-state index in [-0.39, 0.29) is 0 Å². The Balaban J connectivity index is 2.25. The largest absolute Gasteiger partial charge is 0.478 e. The second-order valence-corrected chi connectivity index (χ2v) is 4.32. The fraction of sp³-hybridized carbons (Fsp3) is 0.308. The SMILES string of the molecule is C/C(=C/C(=O)O)CNCCc1ccc(Cl)cc1. The number of carbonyl (C=O) groups is 1. The average molecular weight is 254 g/mol. The molecule has 1 aromatic carbocycles. The smallest absolute Gasteiger partial charge is 0.328 e. The van der Waals surface area contributed by atoms with Crippen molar-refractivity contribution in [3.05, 3.63) is 46.5 Å². The van der Waals surface area contributed by atoms with E-state index in [1.807, 2.05) is 24.3 Å². The topological polar surface area (TPSA) is 49.3 Å². The second kappa shape index (κ2) is 7.09. The van der Waals surface area contributed by atoms with Crippen LogP contribution in [0.4, 0.5) is 0 Å². The molecule has 92 valence electrons. The van der Waals surface area contributed by atoms with Gasteiger partial charge in [-0.25, -0.2) is 4.79 Å². The molecule has 0 bridgehead atoms. The molecule has 1 aromatic rings. The Morgan fingerprint density at radius 2 is 2.06 bits per heavy atom. The van der Waals surface area contributed by atoms with Crippen molar-refractivity contribution in [2.24, 2.45) is 0 Å². The second-order valence-electron chi connectivity index (χ2n) is 3.88. The summed E-state index contributed by atoms with van der Waals surface area (Å²) in [5.41, 5.74) is 2.02. The first-order valence-corrected chi connectivity index (χ1v) is 5.81. The van der Waals surface area contributed by atoms with Gasteiger partial charge >= 0.3 is 5.97 Å². The lowest BCUT2D eigenvalue weighted by Gasteiger charge is -2.05. The highest BCUT2D eigenvalue weighted by molar-refractivity contribution is 6.30. The van der Waals surface area contributed by atoms with E-state index >= 15 is 0 Å². The minimum absolute atomic E-state index is 0.597. The van der Waals surface area contributed by atoms with Crippen LogP contribution in [0.2, 0.25) is 5.02 Å². The molecule has 0 spiro atoms. The molecule has 0 unspecified atom stereocenters. The van der Waals surface area contributed by atoms with E-state index in [1.54, 1.807) is 6.92 Å². The van der Waals surface area contributed by atoms with E-state index in [1.165, 1.54) is 11.6 Å². The monoisotopic (exact) mass is 253 g/mol. The van der Waals surface area contributed by atoms with Gasteiger partial charge < -0.3 is 10.4 Å². The fourth-order valence-electron chi connectivity index (χ4n) is 1.43. The first kappa shape index (κ1) is 13.7. The summed E-state index contributed by atoms with van der Waals surface area (Å²) in [6.45, 7) is 3.20. The first-order chi connectivity index (χ1) is 8.08. The zero-order chi connectivity index (χ0) is 12.7. The van der Waals surface area contributed by atoms with Crippen LogP contribution in [0.5, 0.6) is 0 Å². The summed E-state index contributed by atoms with van der Waals surface area (Å²) in [4.78, 5) is 10.4. The van der Waals surface area contributed by atoms with Crippen LogP contribution in [-0.2, 0) is 11.2 Å². The molecule has 0 aliphatic heterocycles. The van der Waals surface area contributed by atoms with E-state index in [9.17, 15) is 4.79 Å². The van der Waals surface area contributed by atoms with E-state index in [0.717, 1.165) is 23.6 Å². The number of halogens is 1. The normalized spacial score (nSPS) is 11.5. The molecule has 3 nitrogen and oxygen atoms in total. The molecule has 0 fully saturated rings. The highest BCUT2D eigenvalue weighted by Gasteiger charge is 1.96. The summed E-state index contributed by atoms with van der Waals surface area (Å²) in [5.74, 6) is -0.901. The van der Waals surface area contributed by atoms with Crippen molar-refractivity contribution in [3.63, 3.8) is 0 Å². The predicted octanol–water partition coefficient (Wildman–Crippen LogP) is 2.50. The van der Waals surface area contributed by atoms with E-state index in [4.69, 9.17) is 16.7 Å². The van der Waals surface area contributed by atoms with Gasteiger partial charge in [0, 0.05) is 17.6 Å². The van der Waals surface area contributed by atoms with Gasteiger partial charge in [-0.15, -0.1) is 0 Å². The third kappa shape index (κ3) is 6.09. The number of carboxylic acids is 1. The minimum Gasteiger partial charge on any atom is -0.478 e. The Morgan fingerprint density at radius 3 is 2.65 bits per heavy atom. The number of rotatable bonds is 6. The molecule has 0 saturated heterocycles. The Morgan fingerprint density at radius 1 is 1.41 bits per heavy atom. The Kier molecular flexibility index (Phi) is 5.73. The lowest BCUT2D eigenvalue weighted by molar-refractivity contribution is -0.131. The van der Waals surface area contributed by atoms with Gasteiger partial charge in [-0.3, -0.25) is 0 Å². The molecular weight excluding hydrogens is 238 g/mol. The number of aliphatic carboxylic acids is 1. The van der Waals surface area contributed by atoms with Crippen LogP contribution in [0.15, 0.2) is 35.9 Å². The van der Waals surface area contributed by atoms with Gasteiger partial charge in [0.05, 0.1) is 0 Å². The van der Waals surface area contributed by atoms with Crippen molar-refractivity contribution in [2.75, 3.05) is 13.1 Å². The number of carboxylic acid groups (broad SMARTS) is 1. The fourth-order valence-corrected chi connectivity index (χ4v) is 1.56. The molecule has 0 amide bonds. The summed E-state index contributed by atoms with van der Waals surface area (Å²) < 4.78 is 0. The molecule has 0 aromatic heterocycles. The van der Waals surface area contributed by atoms with Crippen LogP contribution < -0.4 is 5.32 Å². The van der Waals surface area contributed by atoms with Crippen LogP contribution in [0.25, 0.3) is 0 Å². The summed E-state index contributed by atoms with van der Waals surface area (Å²) in [6.07, 6.45) is 2.12. The Labute approximate surface area is 106 Å². The van der Waals surface area contributed by atoms with Crippen LogP contribution >= 0.6 is 11.6 Å². The van der Waals surface area contributed by atoms with Gasteiger partial charge in [-0.1, -0.05) is 29.3 Å². The van der Waals surface area contributed by atoms with E-state index in [0.29, 0.717) is 6.54 Å². The first-order valence-electron chi connectivity index (χ1n) is 5.43. The quantitative estimate of drug-likeness (QED) is 0.605. The van der Waals surface area contributed by atoms with E-state index in [2.05, 4.69) is 5.32 Å². The maximum absolute atomic E-state index is 10.4. The minimum atomic E-state index is -0.901. The third-order valence-electron chi connectivity index (χ3n) is 2.28. The highest BCUT2D eigenvalue weighted by atomic mass is 35.5. The number of hydrogen-bond donors (Lipinski definition) is 2. The standard InChI is InChI=1S/C13H16ClNO2/c1-10(8-13(16)17)9-15-7-6-11-2-4-12(14)5-3-11/h2-5,8,15H,6-7,9H2,1H3,(H,16,17)/b10-8-. The Hall–Kier alpha value is -1.32. The molecule has 17 heavy (non-hydrogen) atoms. The van der Waals surface area contributed by atoms with Gasteiger partial charge in [-0.2, -0.15) is 0 Å². The maximum Gasteiger partial charge on any atom is 0.328 e. The van der Waals surface area contributed by atoms with Gasteiger partial charge in [0.15, 0.2) is 0 Å². The summed E-state index contributed by atoms with van der Waals surface area (Å²) in [6, 6.07) is 7.72. The Bertz CT molecular complexity index is 398. The number of hydrogen-bond acceptors (Lipinski definition) is 2. The van der Waals surface area contributed by atoms with Crippen molar-refractivity contribution >= 4 is 17.6 Å². The molecule has 0 aliphatic rings. The van der Waals surface area contributed by atoms with Gasteiger partial charge in [-0.05, 0) is 37.6 Å². The molecule has 0 heterocycles. The molecule has 0 aliphatic carbocycles. The zero-order valence-electron chi connectivity index (χ0n) is 9.74. The molecule has 0 saturated carbocycles. The summed E-state index contributed by atoms with van der Waals surface area (Å²) in [5, 5.41) is 12.5. The maximum atomic E-state index is 10.4. The average Bonchev–Trinajstić information content (AvgIpc) is 2.26.